The molecule has 22 heavy (non-hydrogen) atoms. The smallest absolute Gasteiger partial charge is 0.373 e. The van der Waals surface area contributed by atoms with Gasteiger partial charge in [-0.15, -0.1) is 0 Å². The van der Waals surface area contributed by atoms with Crippen molar-refractivity contribution in [3.63, 3.8) is 0 Å². The number of ether oxygens (including phenoxy) is 3. The molecule has 0 spiro atoms. The molecule has 0 unspecified atom stereocenters. The third kappa shape index (κ3) is 5.68. The largest absolute Gasteiger partial charge is 0.397 e. The molecule has 0 amide bonds. The number of methoxy groups -OCH3 is 1. The van der Waals surface area contributed by atoms with E-state index in [1.54, 1.807) is 6.92 Å². The second kappa shape index (κ2) is 7.46. The molecule has 5 atom stereocenters. The molecule has 1 rings (SSSR count). The van der Waals surface area contributed by atoms with Crippen molar-refractivity contribution in [2.24, 2.45) is 0 Å². The molecule has 0 aromatic rings. The standard InChI is InChI=1S/C9H18O11S2/c1-4-17-6-5(2)18-9(16-3)8(20-22(13,14)15)7(6)19-21(10,11)12/h5-9H,4H2,1-3H3,(H,10,11,12)(H,13,14,15)/t5-,6-,7+,8+,9+/m0/s1. The van der Waals surface area contributed by atoms with Crippen LogP contribution in [0.2, 0.25) is 0 Å². The van der Waals surface area contributed by atoms with Crippen molar-refractivity contribution in [3.05, 3.63) is 0 Å². The lowest BCUT2D eigenvalue weighted by atomic mass is 10.00. The van der Waals surface area contributed by atoms with Crippen LogP contribution in [0.25, 0.3) is 0 Å². The summed E-state index contributed by atoms with van der Waals surface area (Å²) in [6.07, 6.45) is -6.64. The van der Waals surface area contributed by atoms with E-state index in [2.05, 4.69) is 8.37 Å². The summed E-state index contributed by atoms with van der Waals surface area (Å²) < 4.78 is 85.7. The summed E-state index contributed by atoms with van der Waals surface area (Å²) >= 11 is 0. The van der Waals surface area contributed by atoms with Crippen molar-refractivity contribution < 1.29 is 48.5 Å². The van der Waals surface area contributed by atoms with E-state index in [9.17, 15) is 16.8 Å². The van der Waals surface area contributed by atoms with Crippen LogP contribution in [-0.2, 0) is 43.4 Å². The van der Waals surface area contributed by atoms with Crippen molar-refractivity contribution in [3.8, 4) is 0 Å². The monoisotopic (exact) mass is 366 g/mol. The lowest BCUT2D eigenvalue weighted by Gasteiger charge is -2.42. The van der Waals surface area contributed by atoms with Gasteiger partial charge in [0.25, 0.3) is 0 Å². The molecule has 0 aromatic heterocycles. The van der Waals surface area contributed by atoms with Gasteiger partial charge in [0.1, 0.15) is 12.2 Å². The maximum Gasteiger partial charge on any atom is 0.397 e. The van der Waals surface area contributed by atoms with E-state index in [0.29, 0.717) is 0 Å². The lowest BCUT2D eigenvalue weighted by molar-refractivity contribution is -0.282. The molecule has 0 radical (unpaired) electrons. The zero-order chi connectivity index (χ0) is 17.1. The molecule has 0 aromatic carbocycles. The van der Waals surface area contributed by atoms with Crippen molar-refractivity contribution in [2.75, 3.05) is 13.7 Å². The van der Waals surface area contributed by atoms with Crippen LogP contribution in [0, 0.1) is 0 Å². The minimum atomic E-state index is -4.98. The average molecular weight is 366 g/mol. The van der Waals surface area contributed by atoms with E-state index in [4.69, 9.17) is 23.3 Å². The second-order valence-corrected chi connectivity index (χ2v) is 6.44. The van der Waals surface area contributed by atoms with Crippen molar-refractivity contribution in [1.29, 1.82) is 0 Å². The summed E-state index contributed by atoms with van der Waals surface area (Å²) in [6, 6.07) is 0. The predicted octanol–water partition coefficient (Wildman–Crippen LogP) is -0.841. The maximum atomic E-state index is 11.0. The Hall–Kier alpha value is -0.380. The number of rotatable bonds is 7. The van der Waals surface area contributed by atoms with Crippen molar-refractivity contribution in [2.45, 2.75) is 44.6 Å². The quantitative estimate of drug-likeness (QED) is 0.542. The summed E-state index contributed by atoms with van der Waals surface area (Å²) in [7, 11) is -8.81. The fourth-order valence-electron chi connectivity index (χ4n) is 2.08. The van der Waals surface area contributed by atoms with Crippen molar-refractivity contribution >= 4 is 20.8 Å². The van der Waals surface area contributed by atoms with Gasteiger partial charge in [-0.3, -0.25) is 9.11 Å². The van der Waals surface area contributed by atoms with E-state index in [0.717, 1.165) is 7.11 Å². The van der Waals surface area contributed by atoms with E-state index in [-0.39, 0.29) is 6.61 Å². The Labute approximate surface area is 128 Å². The van der Waals surface area contributed by atoms with E-state index in [1.807, 2.05) is 0 Å². The molecular weight excluding hydrogens is 348 g/mol. The van der Waals surface area contributed by atoms with Gasteiger partial charge in [0.05, 0.1) is 6.10 Å². The molecule has 132 valence electrons. The van der Waals surface area contributed by atoms with Gasteiger partial charge in [0.15, 0.2) is 12.4 Å². The summed E-state index contributed by atoms with van der Waals surface area (Å²) in [4.78, 5) is 0. The first-order valence-electron chi connectivity index (χ1n) is 6.09. The van der Waals surface area contributed by atoms with Crippen LogP contribution in [0.5, 0.6) is 0 Å². The Kier molecular flexibility index (Phi) is 6.67. The Bertz CT molecular complexity index is 556. The highest BCUT2D eigenvalue weighted by atomic mass is 32.3. The SMILES string of the molecule is CCO[C@@H]1[C@@H](OS(=O)(=O)O)[C@@H](OS(=O)(=O)O)[C@H](OC)O[C@H]1C. The highest BCUT2D eigenvalue weighted by Gasteiger charge is 2.50. The molecule has 1 fully saturated rings. The average Bonchev–Trinajstić information content (AvgIpc) is 2.33. The van der Waals surface area contributed by atoms with Crippen LogP contribution in [0.15, 0.2) is 0 Å². The molecule has 1 aliphatic rings. The summed E-state index contributed by atoms with van der Waals surface area (Å²) in [5, 5.41) is 0. The number of hydrogen-bond acceptors (Lipinski definition) is 9. The summed E-state index contributed by atoms with van der Waals surface area (Å²) in [5.41, 5.74) is 0. The Morgan fingerprint density at radius 3 is 1.91 bits per heavy atom. The first kappa shape index (κ1) is 19.7. The van der Waals surface area contributed by atoms with Gasteiger partial charge in [0.2, 0.25) is 0 Å². The van der Waals surface area contributed by atoms with Crippen LogP contribution >= 0.6 is 0 Å². The summed E-state index contributed by atoms with van der Waals surface area (Å²) in [6.45, 7) is 3.20. The first-order valence-corrected chi connectivity index (χ1v) is 8.82. The molecule has 0 bridgehead atoms. The van der Waals surface area contributed by atoms with Crippen LogP contribution in [0.3, 0.4) is 0 Å². The zero-order valence-corrected chi connectivity index (χ0v) is 13.6. The molecule has 1 aliphatic heterocycles. The van der Waals surface area contributed by atoms with E-state index in [1.165, 1.54) is 6.92 Å². The third-order valence-corrected chi connectivity index (χ3v) is 3.71. The fourth-order valence-corrected chi connectivity index (χ4v) is 3.06. The minimum Gasteiger partial charge on any atom is -0.373 e. The van der Waals surface area contributed by atoms with Crippen LogP contribution in [-0.4, -0.2) is 70.4 Å². The first-order chi connectivity index (χ1) is 9.98. The maximum absolute atomic E-state index is 11.0. The summed E-state index contributed by atoms with van der Waals surface area (Å²) in [5.74, 6) is 0. The van der Waals surface area contributed by atoms with Gasteiger partial charge in [0, 0.05) is 13.7 Å². The Morgan fingerprint density at radius 1 is 1.00 bits per heavy atom. The highest BCUT2D eigenvalue weighted by Crippen LogP contribution is 2.30. The molecule has 0 saturated carbocycles. The molecule has 13 heteroatoms. The highest BCUT2D eigenvalue weighted by molar-refractivity contribution is 7.81. The van der Waals surface area contributed by atoms with Gasteiger partial charge in [-0.1, -0.05) is 0 Å². The minimum absolute atomic E-state index is 0.111. The topological polar surface area (TPSA) is 155 Å². The van der Waals surface area contributed by atoms with Gasteiger partial charge < -0.3 is 14.2 Å². The fraction of sp³-hybridized carbons (Fsp3) is 1.00. The van der Waals surface area contributed by atoms with E-state index >= 15 is 0 Å². The second-order valence-electron chi connectivity index (χ2n) is 4.34. The van der Waals surface area contributed by atoms with Gasteiger partial charge in [-0.25, -0.2) is 8.37 Å². The van der Waals surface area contributed by atoms with Crippen LogP contribution in [0.1, 0.15) is 13.8 Å². The number of hydrogen-bond donors (Lipinski definition) is 2. The molecule has 1 saturated heterocycles. The van der Waals surface area contributed by atoms with Gasteiger partial charge >= 0.3 is 20.8 Å². The predicted molar refractivity (Wildman–Crippen MR) is 69.6 cm³/mol. The Morgan fingerprint density at radius 2 is 1.50 bits per heavy atom. The van der Waals surface area contributed by atoms with E-state index < -0.39 is 51.5 Å². The van der Waals surface area contributed by atoms with Crippen molar-refractivity contribution in [1.82, 2.24) is 0 Å². The normalized spacial score (nSPS) is 33.8. The van der Waals surface area contributed by atoms with Gasteiger partial charge in [-0.05, 0) is 13.8 Å². The molecular formula is C9H18O11S2. The molecule has 0 aliphatic carbocycles. The zero-order valence-electron chi connectivity index (χ0n) is 12.0. The third-order valence-electron chi connectivity index (χ3n) is 2.78. The molecule has 2 N–H and O–H groups in total. The Balaban J connectivity index is 3.21. The van der Waals surface area contributed by atoms with Crippen LogP contribution < -0.4 is 0 Å². The lowest BCUT2D eigenvalue weighted by Crippen LogP contribution is -2.60. The van der Waals surface area contributed by atoms with Gasteiger partial charge in [-0.2, -0.15) is 16.8 Å². The molecule has 11 nitrogen and oxygen atoms in total. The molecule has 1 heterocycles. The van der Waals surface area contributed by atoms with Crippen LogP contribution in [0.4, 0.5) is 0 Å².